The van der Waals surface area contributed by atoms with Crippen molar-refractivity contribution in [1.82, 2.24) is 24.8 Å². The van der Waals surface area contributed by atoms with Crippen molar-refractivity contribution in [2.75, 3.05) is 4.72 Å². The molecule has 3 aromatic heterocycles. The number of anilines is 1. The molecule has 0 radical (unpaired) electrons. The molecule has 0 fully saturated rings. The van der Waals surface area contributed by atoms with Crippen LogP contribution in [-0.2, 0) is 10.0 Å². The van der Waals surface area contributed by atoms with Crippen molar-refractivity contribution in [3.63, 3.8) is 0 Å². The fraction of sp³-hybridized carbons (Fsp3) is 0.0435. The maximum atomic E-state index is 13.1. The van der Waals surface area contributed by atoms with Gasteiger partial charge in [0.2, 0.25) is 0 Å². The van der Waals surface area contributed by atoms with E-state index >= 15 is 0 Å². The van der Waals surface area contributed by atoms with Crippen molar-refractivity contribution in [2.24, 2.45) is 0 Å². The minimum Gasteiger partial charge on any atom is -0.280 e. The van der Waals surface area contributed by atoms with Gasteiger partial charge in [-0.15, -0.1) is 10.2 Å². The molecule has 0 bridgehead atoms. The molecule has 0 atom stereocenters. The third-order valence-corrected chi connectivity index (χ3v) is 6.98. The number of rotatable bonds is 7. The molecule has 1 N–H and O–H groups in total. The van der Waals surface area contributed by atoms with Gasteiger partial charge >= 0.3 is 0 Å². The zero-order valence-electron chi connectivity index (χ0n) is 19.4. The van der Waals surface area contributed by atoms with Gasteiger partial charge in [-0.25, -0.2) is 8.42 Å². The van der Waals surface area contributed by atoms with Gasteiger partial charge in [0, 0.05) is 41.3 Å². The lowest BCUT2D eigenvalue weighted by Gasteiger charge is -2.10. The number of nitrogens with one attached hydrogen (secondary N) is 1. The Morgan fingerprint density at radius 1 is 0.895 bits per heavy atom. The fourth-order valence-corrected chi connectivity index (χ4v) is 4.86. The van der Waals surface area contributed by atoms with Crippen molar-refractivity contribution in [2.45, 2.75) is 11.8 Å². The van der Waals surface area contributed by atoms with Gasteiger partial charge in [-0.3, -0.25) is 29.9 Å². The van der Waals surface area contributed by atoms with Gasteiger partial charge in [0.25, 0.3) is 21.4 Å². The van der Waals surface area contributed by atoms with E-state index in [0.717, 1.165) is 12.1 Å². The first-order valence-corrected chi connectivity index (χ1v) is 12.3. The van der Waals surface area contributed by atoms with Crippen LogP contribution in [0.5, 0.6) is 0 Å². The molecule has 0 saturated carbocycles. The summed E-state index contributed by atoms with van der Waals surface area (Å²) in [6.07, 6.45) is 3.26. The predicted molar refractivity (Wildman–Crippen MR) is 135 cm³/mol. The first kappa shape index (κ1) is 24.4. The molecule has 5 rings (SSSR count). The van der Waals surface area contributed by atoms with Crippen LogP contribution in [-0.4, -0.2) is 43.1 Å². The topological polar surface area (TPSA) is 188 Å². The maximum absolute atomic E-state index is 13.1. The van der Waals surface area contributed by atoms with E-state index in [2.05, 4.69) is 25.0 Å². The zero-order chi connectivity index (χ0) is 27.0. The molecular weight excluding hydrogens is 516 g/mol. The highest BCUT2D eigenvalue weighted by Gasteiger charge is 2.28. The lowest BCUT2D eigenvalue weighted by molar-refractivity contribution is -0.395. The summed E-state index contributed by atoms with van der Waals surface area (Å²) in [7, 11) is -4.42. The van der Waals surface area contributed by atoms with Crippen molar-refractivity contribution in [1.29, 1.82) is 0 Å². The Morgan fingerprint density at radius 3 is 2.26 bits per heavy atom. The van der Waals surface area contributed by atoms with Gasteiger partial charge in [0.15, 0.2) is 11.5 Å². The van der Waals surface area contributed by atoms with Crippen LogP contribution in [0.25, 0.3) is 28.3 Å². The number of aromatic nitrogens is 5. The van der Waals surface area contributed by atoms with Gasteiger partial charge in [-0.05, 0) is 43.3 Å². The monoisotopic (exact) mass is 532 g/mol. The summed E-state index contributed by atoms with van der Waals surface area (Å²) in [6, 6.07) is 14.8. The van der Waals surface area contributed by atoms with E-state index < -0.39 is 36.1 Å². The fourth-order valence-electron chi connectivity index (χ4n) is 3.77. The van der Waals surface area contributed by atoms with Crippen LogP contribution in [0.15, 0.2) is 78.0 Å². The number of benzene rings is 2. The zero-order valence-corrected chi connectivity index (χ0v) is 20.2. The number of hydrogen-bond donors (Lipinski definition) is 1. The number of fused-ring (bicyclic) bond motifs is 1. The van der Waals surface area contributed by atoms with Crippen molar-refractivity contribution >= 4 is 32.7 Å². The van der Waals surface area contributed by atoms with E-state index in [4.69, 9.17) is 0 Å². The number of nitro benzene ring substituents is 2. The largest absolute Gasteiger partial charge is 0.280 e. The Hall–Kier alpha value is -5.31. The second-order valence-electron chi connectivity index (χ2n) is 8.04. The summed E-state index contributed by atoms with van der Waals surface area (Å²) in [5.74, 6) is 0.467. The minimum atomic E-state index is -4.42. The molecule has 14 nitrogen and oxygen atoms in total. The van der Waals surface area contributed by atoms with Crippen LogP contribution >= 0.6 is 0 Å². The number of pyridine rings is 1. The molecule has 3 heterocycles. The molecule has 0 spiro atoms. The van der Waals surface area contributed by atoms with E-state index in [1.54, 1.807) is 42.7 Å². The van der Waals surface area contributed by atoms with E-state index in [1.807, 2.05) is 6.07 Å². The molecule has 0 aliphatic heterocycles. The van der Waals surface area contributed by atoms with Crippen LogP contribution in [0.2, 0.25) is 0 Å². The Morgan fingerprint density at radius 2 is 1.61 bits per heavy atom. The molecule has 38 heavy (non-hydrogen) atoms. The third kappa shape index (κ3) is 4.48. The van der Waals surface area contributed by atoms with E-state index in [1.165, 1.54) is 23.6 Å². The standard InChI is InChI=1S/C23H16N8O6S/c1-14-20(30(32)33)11-18(12-21(14)31(34)35)38(36,37)28-17-6-2-4-15(10-17)19-7-8-22-25-26-23(29(22)27-19)16-5-3-9-24-13-16/h2-13,28H,1H3. The average molecular weight is 532 g/mol. The highest BCUT2D eigenvalue weighted by Crippen LogP contribution is 2.32. The summed E-state index contributed by atoms with van der Waals surface area (Å²) in [5.41, 5.74) is 0.727. The van der Waals surface area contributed by atoms with Gasteiger partial charge in [-0.1, -0.05) is 12.1 Å². The molecule has 0 aliphatic rings. The van der Waals surface area contributed by atoms with Crippen LogP contribution in [0, 0.1) is 27.2 Å². The molecule has 0 saturated heterocycles. The normalized spacial score (nSPS) is 11.4. The maximum Gasteiger partial charge on any atom is 0.280 e. The first-order chi connectivity index (χ1) is 18.1. The van der Waals surface area contributed by atoms with Crippen molar-refractivity contribution in [3.8, 4) is 22.6 Å². The molecule has 2 aromatic carbocycles. The molecule has 15 heteroatoms. The Labute approximate surface area is 214 Å². The molecule has 0 unspecified atom stereocenters. The molecule has 0 aliphatic carbocycles. The molecule has 190 valence electrons. The summed E-state index contributed by atoms with van der Waals surface area (Å²) in [5, 5.41) is 35.6. The molecule has 5 aromatic rings. The second kappa shape index (κ2) is 9.29. The van der Waals surface area contributed by atoms with Gasteiger partial charge < -0.3 is 0 Å². The highest BCUT2D eigenvalue weighted by atomic mass is 32.2. The third-order valence-electron chi connectivity index (χ3n) is 5.62. The SMILES string of the molecule is Cc1c([N+](=O)[O-])cc(S(=O)(=O)Nc2cccc(-c3ccc4nnc(-c5cccnc5)n4n3)c2)cc1[N+](=O)[O-]. The Kier molecular flexibility index (Phi) is 5.96. The van der Waals surface area contributed by atoms with Crippen molar-refractivity contribution in [3.05, 3.63) is 98.8 Å². The van der Waals surface area contributed by atoms with Gasteiger partial charge in [-0.2, -0.15) is 9.61 Å². The highest BCUT2D eigenvalue weighted by molar-refractivity contribution is 7.92. The van der Waals surface area contributed by atoms with Gasteiger partial charge in [0.05, 0.1) is 15.5 Å². The summed E-state index contributed by atoms with van der Waals surface area (Å²) in [6.45, 7) is 1.18. The van der Waals surface area contributed by atoms with Crippen molar-refractivity contribution < 1.29 is 18.3 Å². The average Bonchev–Trinajstić information content (AvgIpc) is 3.32. The molecule has 0 amide bonds. The number of nitro groups is 2. The van der Waals surface area contributed by atoms with Gasteiger partial charge in [0.1, 0.15) is 10.5 Å². The first-order valence-electron chi connectivity index (χ1n) is 10.8. The number of hydrogen-bond acceptors (Lipinski definition) is 10. The summed E-state index contributed by atoms with van der Waals surface area (Å²) >= 11 is 0. The van der Waals surface area contributed by atoms with Crippen LogP contribution in [0.1, 0.15) is 5.56 Å². The minimum absolute atomic E-state index is 0.117. The second-order valence-corrected chi connectivity index (χ2v) is 9.72. The van der Waals surface area contributed by atoms with Crippen LogP contribution in [0.4, 0.5) is 17.1 Å². The lowest BCUT2D eigenvalue weighted by Crippen LogP contribution is -2.14. The summed E-state index contributed by atoms with van der Waals surface area (Å²) < 4.78 is 30.0. The van der Waals surface area contributed by atoms with E-state index in [0.29, 0.717) is 28.3 Å². The quantitative estimate of drug-likeness (QED) is 0.238. The van der Waals surface area contributed by atoms with E-state index in [-0.39, 0.29) is 11.3 Å². The van der Waals surface area contributed by atoms with Crippen LogP contribution in [0.3, 0.4) is 0 Å². The Bertz CT molecular complexity index is 1800. The van der Waals surface area contributed by atoms with Crippen LogP contribution < -0.4 is 4.72 Å². The predicted octanol–water partition coefficient (Wildman–Crippen LogP) is 3.78. The lowest BCUT2D eigenvalue weighted by atomic mass is 10.1. The Balaban J connectivity index is 1.51. The van der Waals surface area contributed by atoms with E-state index in [9.17, 15) is 28.6 Å². The smallest absolute Gasteiger partial charge is 0.280 e. The number of nitrogens with zero attached hydrogens (tertiary/aromatic N) is 7. The molecular formula is C23H16N8O6S. The summed E-state index contributed by atoms with van der Waals surface area (Å²) in [4.78, 5) is 24.5. The number of sulfonamides is 1.